The van der Waals surface area contributed by atoms with Gasteiger partial charge in [0.25, 0.3) is 0 Å². The van der Waals surface area contributed by atoms with E-state index in [2.05, 4.69) is 10.3 Å². The SMILES string of the molecule is Cl.Cl.O=C1CNCCN1c1ccncc1F. The van der Waals surface area contributed by atoms with E-state index in [1.807, 2.05) is 0 Å². The number of carbonyl (C=O) groups is 1. The number of piperazine rings is 1. The summed E-state index contributed by atoms with van der Waals surface area (Å²) in [6.07, 6.45) is 2.60. The third-order valence-electron chi connectivity index (χ3n) is 2.13. The summed E-state index contributed by atoms with van der Waals surface area (Å²) in [5.74, 6) is -0.566. The van der Waals surface area contributed by atoms with Crippen LogP contribution in [0.15, 0.2) is 18.5 Å². The van der Waals surface area contributed by atoms with Crippen molar-refractivity contribution in [1.29, 1.82) is 0 Å². The van der Waals surface area contributed by atoms with Crippen molar-refractivity contribution in [3.8, 4) is 0 Å². The van der Waals surface area contributed by atoms with Crippen LogP contribution in [0.3, 0.4) is 0 Å². The monoisotopic (exact) mass is 267 g/mol. The Hall–Kier alpha value is -0.910. The standard InChI is InChI=1S/C9H10FN3O.2ClH/c10-7-5-11-2-1-8(7)13-4-3-12-6-9(13)14;;/h1-2,5,12H,3-4,6H2;2*1H. The lowest BCUT2D eigenvalue weighted by Crippen LogP contribution is -2.48. The molecule has 90 valence electrons. The Balaban J connectivity index is 0.00000112. The predicted molar refractivity (Wildman–Crippen MR) is 63.9 cm³/mol. The minimum absolute atomic E-state index is 0. The molecule has 0 aromatic carbocycles. The lowest BCUT2D eigenvalue weighted by molar-refractivity contribution is -0.118. The number of nitrogens with zero attached hydrogens (tertiary/aromatic N) is 2. The van der Waals surface area contributed by atoms with Gasteiger partial charge in [-0.2, -0.15) is 0 Å². The number of hydrogen-bond donors (Lipinski definition) is 1. The van der Waals surface area contributed by atoms with Crippen molar-refractivity contribution >= 4 is 36.4 Å². The van der Waals surface area contributed by atoms with Crippen LogP contribution in [0.4, 0.5) is 10.1 Å². The Morgan fingerprint density at radius 2 is 2.19 bits per heavy atom. The minimum Gasteiger partial charge on any atom is -0.307 e. The predicted octanol–water partition coefficient (Wildman–Crippen LogP) is 1.00. The van der Waals surface area contributed by atoms with Gasteiger partial charge in [0.1, 0.15) is 0 Å². The molecule has 7 heteroatoms. The van der Waals surface area contributed by atoms with E-state index in [1.165, 1.54) is 17.2 Å². The van der Waals surface area contributed by atoms with Gasteiger partial charge >= 0.3 is 0 Å². The van der Waals surface area contributed by atoms with Crippen molar-refractivity contribution in [2.24, 2.45) is 0 Å². The van der Waals surface area contributed by atoms with Gasteiger partial charge in [-0.25, -0.2) is 4.39 Å². The van der Waals surface area contributed by atoms with Crippen molar-refractivity contribution in [2.75, 3.05) is 24.5 Å². The number of anilines is 1. The zero-order valence-electron chi connectivity index (χ0n) is 8.35. The molecule has 0 atom stereocenters. The molecule has 1 aromatic heterocycles. The second-order valence-electron chi connectivity index (χ2n) is 3.05. The van der Waals surface area contributed by atoms with E-state index >= 15 is 0 Å². The fourth-order valence-corrected chi connectivity index (χ4v) is 1.45. The van der Waals surface area contributed by atoms with Crippen LogP contribution in [0.25, 0.3) is 0 Å². The summed E-state index contributed by atoms with van der Waals surface area (Å²) in [6.45, 7) is 1.45. The summed E-state index contributed by atoms with van der Waals surface area (Å²) in [6, 6.07) is 1.51. The lowest BCUT2D eigenvalue weighted by atomic mass is 10.3. The number of aromatic nitrogens is 1. The van der Waals surface area contributed by atoms with Crippen molar-refractivity contribution in [3.63, 3.8) is 0 Å². The first-order valence-electron chi connectivity index (χ1n) is 4.39. The van der Waals surface area contributed by atoms with Crippen LogP contribution < -0.4 is 10.2 Å². The maximum Gasteiger partial charge on any atom is 0.241 e. The van der Waals surface area contributed by atoms with E-state index in [9.17, 15) is 9.18 Å². The van der Waals surface area contributed by atoms with Crippen LogP contribution in [0.2, 0.25) is 0 Å². The Labute approximate surface area is 105 Å². The average molecular weight is 268 g/mol. The average Bonchev–Trinajstić information content (AvgIpc) is 2.20. The number of rotatable bonds is 1. The summed E-state index contributed by atoms with van der Waals surface area (Å²) in [7, 11) is 0. The number of nitrogens with one attached hydrogen (secondary N) is 1. The zero-order valence-corrected chi connectivity index (χ0v) is 9.98. The van der Waals surface area contributed by atoms with Crippen molar-refractivity contribution in [3.05, 3.63) is 24.3 Å². The van der Waals surface area contributed by atoms with E-state index in [4.69, 9.17) is 0 Å². The molecular formula is C9H12Cl2FN3O. The van der Waals surface area contributed by atoms with Gasteiger partial charge in [0.2, 0.25) is 5.91 Å². The minimum atomic E-state index is -0.456. The molecule has 1 amide bonds. The molecule has 1 N–H and O–H groups in total. The first kappa shape index (κ1) is 15.1. The van der Waals surface area contributed by atoms with Gasteiger partial charge in [-0.15, -0.1) is 24.8 Å². The molecule has 4 nitrogen and oxygen atoms in total. The molecule has 1 aromatic rings. The molecule has 0 saturated carbocycles. The molecule has 0 aliphatic carbocycles. The van der Waals surface area contributed by atoms with Gasteiger partial charge in [0.15, 0.2) is 5.82 Å². The summed E-state index contributed by atoms with van der Waals surface area (Å²) in [5, 5.41) is 2.92. The third-order valence-corrected chi connectivity index (χ3v) is 2.13. The second kappa shape index (κ2) is 6.62. The van der Waals surface area contributed by atoms with Crippen LogP contribution in [0, 0.1) is 5.82 Å². The molecule has 0 unspecified atom stereocenters. The van der Waals surface area contributed by atoms with Crippen LogP contribution in [0.5, 0.6) is 0 Å². The van der Waals surface area contributed by atoms with Gasteiger partial charge < -0.3 is 10.2 Å². The van der Waals surface area contributed by atoms with Gasteiger partial charge in [-0.3, -0.25) is 9.78 Å². The highest BCUT2D eigenvalue weighted by atomic mass is 35.5. The summed E-state index contributed by atoms with van der Waals surface area (Å²) >= 11 is 0. The smallest absolute Gasteiger partial charge is 0.241 e. The first-order chi connectivity index (χ1) is 6.79. The molecule has 1 fully saturated rings. The molecule has 0 spiro atoms. The fourth-order valence-electron chi connectivity index (χ4n) is 1.45. The van der Waals surface area contributed by atoms with Crippen LogP contribution in [-0.2, 0) is 4.79 Å². The zero-order chi connectivity index (χ0) is 9.97. The molecule has 1 saturated heterocycles. The molecular weight excluding hydrogens is 256 g/mol. The maximum absolute atomic E-state index is 13.3. The molecule has 0 bridgehead atoms. The summed E-state index contributed by atoms with van der Waals surface area (Å²) in [4.78, 5) is 16.5. The van der Waals surface area contributed by atoms with E-state index in [0.29, 0.717) is 18.8 Å². The normalized spacial score (nSPS) is 15.1. The second-order valence-corrected chi connectivity index (χ2v) is 3.05. The Bertz CT molecular complexity index is 364. The van der Waals surface area contributed by atoms with Gasteiger partial charge in [0.05, 0.1) is 18.4 Å². The number of halogens is 3. The molecule has 1 aliphatic rings. The van der Waals surface area contributed by atoms with Crippen LogP contribution in [0.1, 0.15) is 0 Å². The van der Waals surface area contributed by atoms with Crippen molar-refractivity contribution in [2.45, 2.75) is 0 Å². The Morgan fingerprint density at radius 3 is 2.81 bits per heavy atom. The Kier molecular flexibility index (Phi) is 6.25. The van der Waals surface area contributed by atoms with Crippen LogP contribution in [-0.4, -0.2) is 30.5 Å². The van der Waals surface area contributed by atoms with Gasteiger partial charge in [-0.05, 0) is 6.07 Å². The topological polar surface area (TPSA) is 45.2 Å². The van der Waals surface area contributed by atoms with Gasteiger partial charge in [0, 0.05) is 19.3 Å². The van der Waals surface area contributed by atoms with Crippen molar-refractivity contribution in [1.82, 2.24) is 10.3 Å². The lowest BCUT2D eigenvalue weighted by Gasteiger charge is -2.27. The van der Waals surface area contributed by atoms with E-state index in [0.717, 1.165) is 6.20 Å². The quantitative estimate of drug-likeness (QED) is 0.826. The third kappa shape index (κ3) is 3.04. The highest BCUT2D eigenvalue weighted by molar-refractivity contribution is 5.95. The van der Waals surface area contributed by atoms with E-state index in [1.54, 1.807) is 0 Å². The molecule has 0 radical (unpaired) electrons. The molecule has 2 heterocycles. The molecule has 2 rings (SSSR count). The van der Waals surface area contributed by atoms with Gasteiger partial charge in [-0.1, -0.05) is 0 Å². The first-order valence-corrected chi connectivity index (χ1v) is 4.39. The summed E-state index contributed by atoms with van der Waals surface area (Å²) in [5.41, 5.74) is 0.312. The summed E-state index contributed by atoms with van der Waals surface area (Å²) < 4.78 is 13.3. The number of pyridine rings is 1. The van der Waals surface area contributed by atoms with Crippen molar-refractivity contribution < 1.29 is 9.18 Å². The highest BCUT2D eigenvalue weighted by Crippen LogP contribution is 2.17. The van der Waals surface area contributed by atoms with E-state index in [-0.39, 0.29) is 37.3 Å². The number of amides is 1. The highest BCUT2D eigenvalue weighted by Gasteiger charge is 2.21. The van der Waals surface area contributed by atoms with Crippen LogP contribution >= 0.6 is 24.8 Å². The number of carbonyl (C=O) groups excluding carboxylic acids is 1. The molecule has 16 heavy (non-hydrogen) atoms. The Morgan fingerprint density at radius 1 is 1.44 bits per heavy atom. The maximum atomic E-state index is 13.3. The number of hydrogen-bond acceptors (Lipinski definition) is 3. The fraction of sp³-hybridized carbons (Fsp3) is 0.333. The van der Waals surface area contributed by atoms with E-state index < -0.39 is 5.82 Å². The molecule has 1 aliphatic heterocycles. The largest absolute Gasteiger partial charge is 0.307 e.